The van der Waals surface area contributed by atoms with Gasteiger partial charge in [-0.25, -0.2) is 12.7 Å². The standard InChI is InChI=1S/C16H31NO11S3/c1-30(22,23)9-7-5-3-2-4-6-8-12(17-28-31(24,25)26)29-16-15(21)14(20)13(19)11(10-18)27-16/h11,13-16,18-21H,2-10H2,1H3,(H,24,25,26)/b17-12-. The van der Waals surface area contributed by atoms with Crippen LogP contribution in [0.4, 0.5) is 0 Å². The molecule has 0 amide bonds. The molecule has 5 unspecified atom stereocenters. The summed E-state index contributed by atoms with van der Waals surface area (Å²) >= 11 is 0.742. The predicted octanol–water partition coefficient (Wildman–Crippen LogP) is -0.572. The Morgan fingerprint density at radius 2 is 1.55 bits per heavy atom. The molecular formula is C16H31NO11S3. The summed E-state index contributed by atoms with van der Waals surface area (Å²) in [5.41, 5.74) is -1.17. The van der Waals surface area contributed by atoms with Crippen molar-refractivity contribution in [3.05, 3.63) is 0 Å². The molecule has 5 N–H and O–H groups in total. The highest BCUT2D eigenvalue weighted by atomic mass is 32.3. The molecule has 15 heteroatoms. The van der Waals surface area contributed by atoms with E-state index in [4.69, 9.17) is 9.29 Å². The van der Waals surface area contributed by atoms with Crippen molar-refractivity contribution in [2.75, 3.05) is 18.6 Å². The predicted molar refractivity (Wildman–Crippen MR) is 113 cm³/mol. The minimum atomic E-state index is -4.85. The van der Waals surface area contributed by atoms with E-state index in [0.29, 0.717) is 12.8 Å². The second-order valence-electron chi connectivity index (χ2n) is 7.30. The Kier molecular flexibility index (Phi) is 12.2. The van der Waals surface area contributed by atoms with Crippen LogP contribution in [0.2, 0.25) is 0 Å². The molecule has 0 aromatic heterocycles. The number of unbranched alkanes of at least 4 members (excludes halogenated alkanes) is 5. The van der Waals surface area contributed by atoms with Crippen LogP contribution in [-0.4, -0.2) is 95.3 Å². The summed E-state index contributed by atoms with van der Waals surface area (Å²) in [6, 6.07) is 0. The molecule has 0 aromatic rings. The molecule has 12 nitrogen and oxygen atoms in total. The minimum absolute atomic E-state index is 0.0547. The second kappa shape index (κ2) is 13.3. The highest BCUT2D eigenvalue weighted by Gasteiger charge is 2.44. The molecule has 1 fully saturated rings. The van der Waals surface area contributed by atoms with Crippen LogP contribution in [0.25, 0.3) is 0 Å². The lowest BCUT2D eigenvalue weighted by Gasteiger charge is -2.39. The Labute approximate surface area is 186 Å². The van der Waals surface area contributed by atoms with Crippen molar-refractivity contribution in [3.8, 4) is 0 Å². The lowest BCUT2D eigenvalue weighted by molar-refractivity contribution is -0.205. The maximum absolute atomic E-state index is 11.1. The Morgan fingerprint density at radius 1 is 0.968 bits per heavy atom. The van der Waals surface area contributed by atoms with Gasteiger partial charge in [0.25, 0.3) is 0 Å². The van der Waals surface area contributed by atoms with Crippen molar-refractivity contribution in [1.29, 1.82) is 0 Å². The van der Waals surface area contributed by atoms with E-state index in [9.17, 15) is 37.3 Å². The lowest BCUT2D eigenvalue weighted by atomic mass is 10.0. The van der Waals surface area contributed by atoms with Crippen LogP contribution in [0.1, 0.15) is 44.9 Å². The zero-order valence-corrected chi connectivity index (χ0v) is 19.6. The van der Waals surface area contributed by atoms with Crippen LogP contribution >= 0.6 is 11.8 Å². The van der Waals surface area contributed by atoms with Crippen LogP contribution in [0, 0.1) is 0 Å². The highest BCUT2D eigenvalue weighted by molar-refractivity contribution is 8.14. The topological polar surface area (TPSA) is 200 Å². The van der Waals surface area contributed by atoms with Crippen LogP contribution < -0.4 is 0 Å². The molecule has 0 saturated carbocycles. The number of nitrogens with zero attached hydrogens (tertiary/aromatic N) is 1. The maximum atomic E-state index is 11.1. The fourth-order valence-corrected chi connectivity index (χ4v) is 4.93. The van der Waals surface area contributed by atoms with E-state index >= 15 is 0 Å². The van der Waals surface area contributed by atoms with E-state index in [0.717, 1.165) is 37.4 Å². The van der Waals surface area contributed by atoms with Gasteiger partial charge in [-0.15, -0.1) is 0 Å². The molecule has 1 heterocycles. The summed E-state index contributed by atoms with van der Waals surface area (Å²) in [6.07, 6.45) is -0.171. The average molecular weight is 510 g/mol. The van der Waals surface area contributed by atoms with Crippen LogP contribution in [0.5, 0.6) is 0 Å². The minimum Gasteiger partial charge on any atom is -0.394 e. The van der Waals surface area contributed by atoms with Crippen LogP contribution in [-0.2, 0) is 29.3 Å². The molecule has 184 valence electrons. The van der Waals surface area contributed by atoms with E-state index in [2.05, 4.69) is 9.44 Å². The number of thioether (sulfide) groups is 1. The number of hydrogen-bond donors (Lipinski definition) is 5. The first-order valence-corrected chi connectivity index (χ1v) is 14.0. The molecule has 1 saturated heterocycles. The maximum Gasteiger partial charge on any atom is 0.466 e. The van der Waals surface area contributed by atoms with Gasteiger partial charge in [-0.3, -0.25) is 4.55 Å². The quantitative estimate of drug-likeness (QED) is 0.0697. The van der Waals surface area contributed by atoms with E-state index in [1.165, 1.54) is 6.26 Å². The molecule has 1 rings (SSSR count). The molecule has 5 atom stereocenters. The van der Waals surface area contributed by atoms with Gasteiger partial charge in [-0.1, -0.05) is 42.6 Å². The Hall–Kier alpha value is -0.520. The molecule has 0 radical (unpaired) electrons. The Bertz CT molecular complexity index is 770. The summed E-state index contributed by atoms with van der Waals surface area (Å²) in [4.78, 5) is 0. The van der Waals surface area contributed by atoms with Crippen molar-refractivity contribution in [1.82, 2.24) is 0 Å². The summed E-state index contributed by atoms with van der Waals surface area (Å²) < 4.78 is 61.9. The molecule has 31 heavy (non-hydrogen) atoms. The fourth-order valence-electron chi connectivity index (χ4n) is 2.86. The van der Waals surface area contributed by atoms with Gasteiger partial charge < -0.3 is 25.2 Å². The first-order chi connectivity index (χ1) is 14.3. The molecule has 1 aliphatic heterocycles. The largest absolute Gasteiger partial charge is 0.466 e. The van der Waals surface area contributed by atoms with Crippen molar-refractivity contribution >= 4 is 37.0 Å². The van der Waals surface area contributed by atoms with Gasteiger partial charge in [0, 0.05) is 12.0 Å². The van der Waals surface area contributed by atoms with Gasteiger partial charge in [-0.05, 0) is 19.3 Å². The van der Waals surface area contributed by atoms with E-state index in [1.54, 1.807) is 0 Å². The lowest BCUT2D eigenvalue weighted by Crippen LogP contribution is -2.57. The Morgan fingerprint density at radius 3 is 2.10 bits per heavy atom. The zero-order valence-electron chi connectivity index (χ0n) is 17.1. The molecule has 0 aliphatic carbocycles. The summed E-state index contributed by atoms with van der Waals surface area (Å²) in [6.45, 7) is -0.616. The zero-order chi connectivity index (χ0) is 23.7. The Balaban J connectivity index is 2.58. The van der Waals surface area contributed by atoms with Crippen molar-refractivity contribution < 1.29 is 50.8 Å². The molecule has 0 aromatic carbocycles. The van der Waals surface area contributed by atoms with Gasteiger partial charge in [0.1, 0.15) is 44.7 Å². The van der Waals surface area contributed by atoms with Crippen molar-refractivity contribution in [3.63, 3.8) is 0 Å². The third-order valence-corrected chi connectivity index (χ3v) is 6.96. The van der Waals surface area contributed by atoms with E-state index in [-0.39, 0.29) is 17.2 Å². The summed E-state index contributed by atoms with van der Waals surface area (Å²) in [7, 11) is -7.82. The van der Waals surface area contributed by atoms with Gasteiger partial charge in [-0.2, -0.15) is 8.42 Å². The summed E-state index contributed by atoms with van der Waals surface area (Å²) in [5.74, 6) is 0.145. The number of oxime groups is 1. The third kappa shape index (κ3) is 11.8. The molecule has 0 spiro atoms. The van der Waals surface area contributed by atoms with E-state index < -0.39 is 56.7 Å². The molecule has 1 aliphatic rings. The number of aliphatic hydroxyl groups excluding tert-OH is 4. The molecule has 0 bridgehead atoms. The van der Waals surface area contributed by atoms with Crippen molar-refractivity contribution in [2.24, 2.45) is 5.16 Å². The van der Waals surface area contributed by atoms with Crippen molar-refractivity contribution in [2.45, 2.75) is 74.8 Å². The first kappa shape index (κ1) is 28.5. The van der Waals surface area contributed by atoms with Gasteiger partial charge >= 0.3 is 10.4 Å². The highest BCUT2D eigenvalue weighted by Crippen LogP contribution is 2.30. The number of ether oxygens (including phenoxy) is 1. The number of aliphatic hydroxyl groups is 4. The monoisotopic (exact) mass is 509 g/mol. The number of rotatable bonds is 13. The average Bonchev–Trinajstić information content (AvgIpc) is 2.66. The molecular weight excluding hydrogens is 478 g/mol. The van der Waals surface area contributed by atoms with E-state index in [1.807, 2.05) is 0 Å². The third-order valence-electron chi connectivity index (χ3n) is 4.49. The second-order valence-corrected chi connectivity index (χ2v) is 11.7. The van der Waals surface area contributed by atoms with Crippen LogP contribution in [0.3, 0.4) is 0 Å². The first-order valence-electron chi connectivity index (χ1n) is 9.72. The fraction of sp³-hybridized carbons (Fsp3) is 0.938. The van der Waals surface area contributed by atoms with Gasteiger partial charge in [0.15, 0.2) is 0 Å². The van der Waals surface area contributed by atoms with Crippen LogP contribution in [0.15, 0.2) is 5.16 Å². The summed E-state index contributed by atoms with van der Waals surface area (Å²) in [5, 5.41) is 42.5. The smallest absolute Gasteiger partial charge is 0.394 e. The number of hydrogen-bond acceptors (Lipinski definition) is 12. The SMILES string of the molecule is CS(=O)(=O)CCCCCCCC/C(=N/OS(=O)(=O)O)SC1OC(CO)C(O)C(O)C1O. The normalized spacial score (nSPS) is 27.9. The van der Waals surface area contributed by atoms with Gasteiger partial charge in [0.2, 0.25) is 0 Å². The number of sulfone groups is 1. The van der Waals surface area contributed by atoms with Gasteiger partial charge in [0.05, 0.1) is 6.61 Å².